The van der Waals surface area contributed by atoms with E-state index in [1.165, 1.54) is 23.9 Å². The zero-order valence-corrected chi connectivity index (χ0v) is 17.7. The van der Waals surface area contributed by atoms with Gasteiger partial charge in [-0.1, -0.05) is 0 Å². The van der Waals surface area contributed by atoms with Crippen LogP contribution in [0.4, 0.5) is 20.6 Å². The normalized spacial score (nSPS) is 12.8. The highest BCUT2D eigenvalue weighted by Gasteiger charge is 2.18. The quantitative estimate of drug-likeness (QED) is 0.665. The van der Waals surface area contributed by atoms with Crippen molar-refractivity contribution < 1.29 is 28.2 Å². The average molecular weight is 434 g/mol. The second-order valence-corrected chi connectivity index (χ2v) is 8.51. The lowest BCUT2D eigenvalue weighted by Crippen LogP contribution is -2.27. The van der Waals surface area contributed by atoms with Crippen LogP contribution in [0.15, 0.2) is 41.3 Å². The van der Waals surface area contributed by atoms with Gasteiger partial charge in [0, 0.05) is 4.90 Å². The van der Waals surface area contributed by atoms with Crippen LogP contribution in [0, 0.1) is 5.82 Å². The molecule has 2 aromatic rings. The van der Waals surface area contributed by atoms with Crippen molar-refractivity contribution in [3.05, 3.63) is 42.2 Å². The number of thioether (sulfide) groups is 1. The van der Waals surface area contributed by atoms with Crippen molar-refractivity contribution in [3.8, 4) is 11.5 Å². The van der Waals surface area contributed by atoms with Crippen LogP contribution in [0.2, 0.25) is 0 Å². The van der Waals surface area contributed by atoms with E-state index in [0.717, 1.165) is 11.0 Å². The molecule has 0 spiro atoms. The van der Waals surface area contributed by atoms with Crippen molar-refractivity contribution in [2.24, 2.45) is 0 Å². The Morgan fingerprint density at radius 3 is 2.50 bits per heavy atom. The molecule has 7 nitrogen and oxygen atoms in total. The van der Waals surface area contributed by atoms with Gasteiger partial charge in [0.05, 0.1) is 17.1 Å². The molecular weight excluding hydrogens is 411 g/mol. The number of hydrogen-bond acceptors (Lipinski definition) is 6. The second kappa shape index (κ2) is 9.25. The zero-order chi connectivity index (χ0) is 21.7. The number of nitrogens with one attached hydrogen (secondary N) is 2. The number of hydrogen-bond donors (Lipinski definition) is 2. The first-order chi connectivity index (χ1) is 14.2. The minimum absolute atomic E-state index is 0.0854. The minimum Gasteiger partial charge on any atom is -0.486 e. The Morgan fingerprint density at radius 2 is 1.77 bits per heavy atom. The lowest BCUT2D eigenvalue weighted by molar-refractivity contribution is -0.113. The van der Waals surface area contributed by atoms with E-state index in [1.807, 2.05) is 12.1 Å². The van der Waals surface area contributed by atoms with Crippen molar-refractivity contribution in [1.29, 1.82) is 0 Å². The van der Waals surface area contributed by atoms with E-state index < -0.39 is 17.5 Å². The fraction of sp³-hybridized carbons (Fsp3) is 0.333. The lowest BCUT2D eigenvalue weighted by atomic mass is 10.2. The third-order valence-corrected chi connectivity index (χ3v) is 4.77. The van der Waals surface area contributed by atoms with Gasteiger partial charge < -0.3 is 19.5 Å². The van der Waals surface area contributed by atoms with Crippen molar-refractivity contribution in [2.45, 2.75) is 31.3 Å². The molecule has 0 aliphatic carbocycles. The Morgan fingerprint density at radius 1 is 1.03 bits per heavy atom. The standard InChI is InChI=1S/C21H23FN2O5S/c1-21(2,3)29-20(26)24-15-6-4-13(22)10-16(15)23-19(25)12-30-14-5-7-17-18(11-14)28-9-8-27-17/h4-7,10-11H,8-9,12H2,1-3H3,(H,23,25)(H,24,26). The Hall–Kier alpha value is -2.94. The summed E-state index contributed by atoms with van der Waals surface area (Å²) in [5.74, 6) is 0.503. The summed E-state index contributed by atoms with van der Waals surface area (Å²) in [6.45, 7) is 6.18. The molecule has 2 aromatic carbocycles. The van der Waals surface area contributed by atoms with Crippen LogP contribution < -0.4 is 20.1 Å². The molecule has 0 radical (unpaired) electrons. The maximum atomic E-state index is 13.7. The smallest absolute Gasteiger partial charge is 0.412 e. The van der Waals surface area contributed by atoms with Crippen molar-refractivity contribution in [2.75, 3.05) is 29.6 Å². The largest absolute Gasteiger partial charge is 0.486 e. The summed E-state index contributed by atoms with van der Waals surface area (Å²) in [6, 6.07) is 9.13. The number of benzene rings is 2. The van der Waals surface area contributed by atoms with E-state index in [-0.39, 0.29) is 23.0 Å². The van der Waals surface area contributed by atoms with Gasteiger partial charge in [0.25, 0.3) is 0 Å². The maximum absolute atomic E-state index is 13.7. The van der Waals surface area contributed by atoms with Gasteiger partial charge in [0.1, 0.15) is 24.6 Å². The van der Waals surface area contributed by atoms with Crippen LogP contribution in [0.1, 0.15) is 20.8 Å². The van der Waals surface area contributed by atoms with Crippen LogP contribution in [0.3, 0.4) is 0 Å². The molecule has 1 aliphatic rings. The SMILES string of the molecule is CC(C)(C)OC(=O)Nc1ccc(F)cc1NC(=O)CSc1ccc2c(c1)OCCO2. The van der Waals surface area contributed by atoms with Gasteiger partial charge in [-0.3, -0.25) is 10.1 Å². The fourth-order valence-corrected chi connectivity index (χ4v) is 3.32. The Balaban J connectivity index is 1.62. The van der Waals surface area contributed by atoms with E-state index >= 15 is 0 Å². The molecule has 0 unspecified atom stereocenters. The fourth-order valence-electron chi connectivity index (χ4n) is 2.59. The lowest BCUT2D eigenvalue weighted by Gasteiger charge is -2.20. The number of rotatable bonds is 5. The number of halogens is 1. The Kier molecular flexibility index (Phi) is 6.71. The zero-order valence-electron chi connectivity index (χ0n) is 16.9. The van der Waals surface area contributed by atoms with Crippen molar-refractivity contribution >= 4 is 35.1 Å². The monoisotopic (exact) mass is 434 g/mol. The van der Waals surface area contributed by atoms with Crippen LogP contribution in [-0.4, -0.2) is 36.6 Å². The first-order valence-corrected chi connectivity index (χ1v) is 10.3. The van der Waals surface area contributed by atoms with Crippen molar-refractivity contribution in [1.82, 2.24) is 0 Å². The molecule has 30 heavy (non-hydrogen) atoms. The summed E-state index contributed by atoms with van der Waals surface area (Å²) in [5, 5.41) is 5.15. The number of carbonyl (C=O) groups is 2. The molecule has 2 amide bonds. The molecule has 0 fully saturated rings. The number of amides is 2. The average Bonchev–Trinajstić information content (AvgIpc) is 2.67. The number of ether oxygens (including phenoxy) is 3. The molecule has 0 saturated heterocycles. The first-order valence-electron chi connectivity index (χ1n) is 9.31. The van der Waals surface area contributed by atoms with Gasteiger partial charge in [-0.25, -0.2) is 9.18 Å². The molecule has 1 heterocycles. The maximum Gasteiger partial charge on any atom is 0.412 e. The van der Waals surface area contributed by atoms with E-state index in [9.17, 15) is 14.0 Å². The third-order valence-electron chi connectivity index (χ3n) is 3.77. The van der Waals surface area contributed by atoms with Crippen LogP contribution in [0.5, 0.6) is 11.5 Å². The third kappa shape index (κ3) is 6.28. The van der Waals surface area contributed by atoms with Gasteiger partial charge >= 0.3 is 6.09 Å². The summed E-state index contributed by atoms with van der Waals surface area (Å²) in [7, 11) is 0. The Bertz CT molecular complexity index is 945. The highest BCUT2D eigenvalue weighted by Crippen LogP contribution is 2.34. The molecule has 3 rings (SSSR count). The molecule has 0 aromatic heterocycles. The highest BCUT2D eigenvalue weighted by atomic mass is 32.2. The van der Waals surface area contributed by atoms with E-state index in [4.69, 9.17) is 14.2 Å². The highest BCUT2D eigenvalue weighted by molar-refractivity contribution is 8.00. The predicted octanol–water partition coefficient (Wildman–Crippen LogP) is 4.67. The topological polar surface area (TPSA) is 85.9 Å². The minimum atomic E-state index is -0.699. The molecule has 9 heteroatoms. The van der Waals surface area contributed by atoms with E-state index in [1.54, 1.807) is 26.8 Å². The molecule has 0 atom stereocenters. The predicted molar refractivity (Wildman–Crippen MR) is 113 cm³/mol. The summed E-state index contributed by atoms with van der Waals surface area (Å²) < 4.78 is 29.9. The molecule has 0 bridgehead atoms. The van der Waals surface area contributed by atoms with Crippen LogP contribution in [0.25, 0.3) is 0 Å². The number of fused-ring (bicyclic) bond motifs is 1. The summed E-state index contributed by atoms with van der Waals surface area (Å²) in [4.78, 5) is 25.2. The summed E-state index contributed by atoms with van der Waals surface area (Å²) in [6.07, 6.45) is -0.699. The molecule has 1 aliphatic heterocycles. The van der Waals surface area contributed by atoms with Gasteiger partial charge in [-0.15, -0.1) is 11.8 Å². The molecular formula is C21H23FN2O5S. The first kappa shape index (κ1) is 21.8. The van der Waals surface area contributed by atoms with Crippen molar-refractivity contribution in [3.63, 3.8) is 0 Å². The number of carbonyl (C=O) groups excluding carboxylic acids is 2. The Labute approximate surface area is 178 Å². The molecule has 2 N–H and O–H groups in total. The number of anilines is 2. The van der Waals surface area contributed by atoms with Gasteiger partial charge in [-0.05, 0) is 57.2 Å². The van der Waals surface area contributed by atoms with Crippen LogP contribution >= 0.6 is 11.8 Å². The van der Waals surface area contributed by atoms with Gasteiger partial charge in [-0.2, -0.15) is 0 Å². The van der Waals surface area contributed by atoms with E-state index in [0.29, 0.717) is 24.7 Å². The van der Waals surface area contributed by atoms with E-state index in [2.05, 4.69) is 10.6 Å². The van der Waals surface area contributed by atoms with Gasteiger partial charge in [0.2, 0.25) is 5.91 Å². The second-order valence-electron chi connectivity index (χ2n) is 7.46. The molecule has 160 valence electrons. The molecule has 0 saturated carbocycles. The summed E-state index contributed by atoms with van der Waals surface area (Å²) in [5.41, 5.74) is -0.301. The van der Waals surface area contributed by atoms with Crippen LogP contribution in [-0.2, 0) is 9.53 Å². The van der Waals surface area contributed by atoms with Gasteiger partial charge in [0.15, 0.2) is 11.5 Å². The summed E-state index contributed by atoms with van der Waals surface area (Å²) >= 11 is 1.30.